The van der Waals surface area contributed by atoms with E-state index in [0.29, 0.717) is 23.2 Å². The fraction of sp³-hybridized carbons (Fsp3) is 0.0870. The van der Waals surface area contributed by atoms with Crippen molar-refractivity contribution in [2.45, 2.75) is 16.3 Å². The molecular formula is C23H19NO4S. The van der Waals surface area contributed by atoms with Crippen LogP contribution in [0.1, 0.15) is 5.56 Å². The average molecular weight is 405 g/mol. The fourth-order valence-electron chi connectivity index (χ4n) is 3.31. The molecule has 0 fully saturated rings. The molecule has 0 bridgehead atoms. The first kappa shape index (κ1) is 19.0. The van der Waals surface area contributed by atoms with Crippen LogP contribution in [0.15, 0.2) is 99.6 Å². The summed E-state index contributed by atoms with van der Waals surface area (Å²) in [6, 6.07) is 22.8. The number of pyridine rings is 1. The van der Waals surface area contributed by atoms with Crippen molar-refractivity contribution in [3.05, 3.63) is 101 Å². The van der Waals surface area contributed by atoms with Gasteiger partial charge in [-0.05, 0) is 35.9 Å². The maximum atomic E-state index is 13.2. The van der Waals surface area contributed by atoms with E-state index in [4.69, 9.17) is 4.74 Å². The number of benzene rings is 3. The smallest absolute Gasteiger partial charge is 0.211 e. The molecule has 146 valence electrons. The third-order valence-electron chi connectivity index (χ3n) is 4.79. The summed E-state index contributed by atoms with van der Waals surface area (Å²) in [5, 5.41) is 0.303. The lowest BCUT2D eigenvalue weighted by molar-refractivity contribution is 0.415. The second-order valence-corrected chi connectivity index (χ2v) is 8.55. The Bertz CT molecular complexity index is 1330. The second kappa shape index (κ2) is 7.56. The summed E-state index contributed by atoms with van der Waals surface area (Å²) in [6.45, 7) is 0.432. The van der Waals surface area contributed by atoms with Crippen molar-refractivity contribution in [2.24, 2.45) is 0 Å². The Kier molecular flexibility index (Phi) is 4.94. The van der Waals surface area contributed by atoms with E-state index in [2.05, 4.69) is 0 Å². The molecule has 0 radical (unpaired) electrons. The van der Waals surface area contributed by atoms with Gasteiger partial charge in [0.15, 0.2) is 0 Å². The van der Waals surface area contributed by atoms with Crippen molar-refractivity contribution in [2.75, 3.05) is 7.11 Å². The van der Waals surface area contributed by atoms with Crippen molar-refractivity contribution in [3.8, 4) is 5.75 Å². The van der Waals surface area contributed by atoms with Gasteiger partial charge in [0.25, 0.3) is 0 Å². The molecule has 0 saturated heterocycles. The number of rotatable bonds is 5. The Morgan fingerprint density at radius 2 is 1.55 bits per heavy atom. The minimum absolute atomic E-state index is 0.0885. The molecule has 4 aromatic rings. The van der Waals surface area contributed by atoms with Gasteiger partial charge in [-0.1, -0.05) is 48.5 Å². The summed E-state index contributed by atoms with van der Waals surface area (Å²) in [7, 11) is -2.46. The normalized spacial score (nSPS) is 11.5. The van der Waals surface area contributed by atoms with E-state index in [1.54, 1.807) is 41.0 Å². The summed E-state index contributed by atoms with van der Waals surface area (Å²) in [4.78, 5) is 13.0. The van der Waals surface area contributed by atoms with Crippen LogP contribution in [0.25, 0.3) is 10.9 Å². The lowest BCUT2D eigenvalue weighted by Crippen LogP contribution is -2.19. The molecule has 1 aromatic heterocycles. The van der Waals surface area contributed by atoms with Crippen LogP contribution in [0.4, 0.5) is 0 Å². The van der Waals surface area contributed by atoms with E-state index in [-0.39, 0.29) is 9.79 Å². The molecule has 3 aromatic carbocycles. The zero-order chi connectivity index (χ0) is 20.4. The zero-order valence-electron chi connectivity index (χ0n) is 15.8. The molecule has 0 spiro atoms. The molecule has 0 amide bonds. The number of methoxy groups -OCH3 is 1. The molecule has 0 N–H and O–H groups in total. The highest BCUT2D eigenvalue weighted by atomic mass is 32.2. The minimum Gasteiger partial charge on any atom is -0.497 e. The SMILES string of the molecule is COc1ccc2c(c1)c(=O)c(S(=O)(=O)c1ccccc1)cn2Cc1ccccc1. The standard InChI is InChI=1S/C23H19NO4S/c1-28-18-12-13-21-20(14-18)23(25)22(29(26,27)19-10-6-3-7-11-19)16-24(21)15-17-8-4-2-5-9-17/h2-14,16H,15H2,1H3. The number of fused-ring (bicyclic) bond motifs is 1. The predicted molar refractivity (Wildman–Crippen MR) is 112 cm³/mol. The van der Waals surface area contributed by atoms with Gasteiger partial charge in [-0.25, -0.2) is 8.42 Å². The van der Waals surface area contributed by atoms with Crippen LogP contribution in [0.3, 0.4) is 0 Å². The highest BCUT2D eigenvalue weighted by Gasteiger charge is 2.24. The Labute approximate surface area is 168 Å². The fourth-order valence-corrected chi connectivity index (χ4v) is 4.70. The largest absolute Gasteiger partial charge is 0.497 e. The van der Waals surface area contributed by atoms with Gasteiger partial charge in [0.05, 0.1) is 22.9 Å². The maximum absolute atomic E-state index is 13.2. The molecule has 0 atom stereocenters. The molecule has 1 heterocycles. The summed E-state index contributed by atoms with van der Waals surface area (Å²) in [5.74, 6) is 0.495. The van der Waals surface area contributed by atoms with Crippen LogP contribution >= 0.6 is 0 Å². The number of hydrogen-bond donors (Lipinski definition) is 0. The van der Waals surface area contributed by atoms with Gasteiger partial charge < -0.3 is 9.30 Å². The molecule has 6 heteroatoms. The van der Waals surface area contributed by atoms with Crippen LogP contribution < -0.4 is 10.2 Å². The molecule has 0 aliphatic heterocycles. The van der Waals surface area contributed by atoms with Gasteiger partial charge in [0.2, 0.25) is 15.3 Å². The topological polar surface area (TPSA) is 65.4 Å². The first-order chi connectivity index (χ1) is 14.0. The van der Waals surface area contributed by atoms with Crippen molar-refractivity contribution in [1.82, 2.24) is 4.57 Å². The summed E-state index contributed by atoms with van der Waals surface area (Å²) < 4.78 is 33.5. The Hall–Kier alpha value is -3.38. The molecule has 0 unspecified atom stereocenters. The second-order valence-electron chi connectivity index (χ2n) is 6.64. The van der Waals surface area contributed by atoms with Crippen LogP contribution in [0.5, 0.6) is 5.75 Å². The van der Waals surface area contributed by atoms with E-state index < -0.39 is 15.3 Å². The third kappa shape index (κ3) is 3.54. The Balaban J connectivity index is 2.00. The van der Waals surface area contributed by atoms with Crippen LogP contribution in [0.2, 0.25) is 0 Å². The zero-order valence-corrected chi connectivity index (χ0v) is 16.6. The Morgan fingerprint density at radius 3 is 2.21 bits per heavy atom. The molecule has 0 saturated carbocycles. The lowest BCUT2D eigenvalue weighted by Gasteiger charge is -2.15. The highest BCUT2D eigenvalue weighted by molar-refractivity contribution is 7.91. The van der Waals surface area contributed by atoms with Crippen LogP contribution in [0, 0.1) is 0 Å². The van der Waals surface area contributed by atoms with Gasteiger partial charge in [-0.3, -0.25) is 4.79 Å². The number of sulfone groups is 1. The molecule has 0 aliphatic carbocycles. The van der Waals surface area contributed by atoms with Crippen molar-refractivity contribution in [1.29, 1.82) is 0 Å². The number of hydrogen-bond acceptors (Lipinski definition) is 4. The lowest BCUT2D eigenvalue weighted by atomic mass is 10.1. The van der Waals surface area contributed by atoms with Gasteiger partial charge in [0.1, 0.15) is 10.6 Å². The molecule has 5 nitrogen and oxygen atoms in total. The van der Waals surface area contributed by atoms with E-state index in [1.807, 2.05) is 30.3 Å². The maximum Gasteiger partial charge on any atom is 0.211 e. The minimum atomic E-state index is -3.97. The van der Waals surface area contributed by atoms with Gasteiger partial charge in [-0.15, -0.1) is 0 Å². The first-order valence-electron chi connectivity index (χ1n) is 9.06. The van der Waals surface area contributed by atoms with Gasteiger partial charge in [0, 0.05) is 12.7 Å². The monoisotopic (exact) mass is 405 g/mol. The van der Waals surface area contributed by atoms with Crippen LogP contribution in [-0.4, -0.2) is 20.1 Å². The van der Waals surface area contributed by atoms with Crippen LogP contribution in [-0.2, 0) is 16.4 Å². The summed E-state index contributed by atoms with van der Waals surface area (Å²) in [5.41, 5.74) is 1.11. The van der Waals surface area contributed by atoms with Crippen molar-refractivity contribution >= 4 is 20.7 Å². The first-order valence-corrected chi connectivity index (χ1v) is 10.5. The number of ether oxygens (including phenoxy) is 1. The van der Waals surface area contributed by atoms with Crippen molar-refractivity contribution < 1.29 is 13.2 Å². The molecule has 4 rings (SSSR count). The summed E-state index contributed by atoms with van der Waals surface area (Å²) >= 11 is 0. The van der Waals surface area contributed by atoms with E-state index >= 15 is 0 Å². The quantitative estimate of drug-likeness (QED) is 0.505. The van der Waals surface area contributed by atoms with Gasteiger partial charge >= 0.3 is 0 Å². The Morgan fingerprint density at radius 1 is 0.897 bits per heavy atom. The average Bonchev–Trinajstić information content (AvgIpc) is 2.76. The van der Waals surface area contributed by atoms with E-state index in [0.717, 1.165) is 5.56 Å². The van der Waals surface area contributed by atoms with E-state index in [9.17, 15) is 13.2 Å². The molecule has 0 aliphatic rings. The highest BCUT2D eigenvalue weighted by Crippen LogP contribution is 2.24. The number of nitrogens with zero attached hydrogens (tertiary/aromatic N) is 1. The summed E-state index contributed by atoms with van der Waals surface area (Å²) in [6.07, 6.45) is 1.44. The van der Waals surface area contributed by atoms with Gasteiger partial charge in [-0.2, -0.15) is 0 Å². The predicted octanol–water partition coefficient (Wildman–Crippen LogP) is 3.89. The molecule has 29 heavy (non-hydrogen) atoms. The number of aromatic nitrogens is 1. The molecular weight excluding hydrogens is 386 g/mol. The third-order valence-corrected chi connectivity index (χ3v) is 6.56. The van der Waals surface area contributed by atoms with E-state index in [1.165, 1.54) is 25.4 Å². The van der Waals surface area contributed by atoms with Crippen molar-refractivity contribution in [3.63, 3.8) is 0 Å².